The summed E-state index contributed by atoms with van der Waals surface area (Å²) in [5.41, 5.74) is 3.39. The number of benzene rings is 2. The summed E-state index contributed by atoms with van der Waals surface area (Å²) in [5, 5.41) is 0. The number of rotatable bonds is 5. The molecule has 1 aliphatic rings. The largest absolute Gasteiger partial charge is 0.481 e. The van der Waals surface area contributed by atoms with Crippen LogP contribution in [0.1, 0.15) is 42.6 Å². The maximum Gasteiger partial charge on any atom is 0.263 e. The second-order valence-electron chi connectivity index (χ2n) is 8.20. The fraction of sp³-hybridized carbons (Fsp3) is 0.375. The van der Waals surface area contributed by atoms with E-state index in [0.29, 0.717) is 37.7 Å². The van der Waals surface area contributed by atoms with Crippen molar-refractivity contribution in [1.29, 1.82) is 0 Å². The number of nitrogens with one attached hydrogen (secondary N) is 1. The Hall–Kier alpha value is -3.35. The first kappa shape index (κ1) is 20.9. The molecule has 1 atom stereocenters. The molecule has 1 saturated heterocycles. The van der Waals surface area contributed by atoms with E-state index in [1.54, 1.807) is 29.1 Å². The van der Waals surface area contributed by atoms with Crippen molar-refractivity contribution in [2.75, 3.05) is 26.2 Å². The van der Waals surface area contributed by atoms with Gasteiger partial charge < -0.3 is 19.5 Å². The quantitative estimate of drug-likeness (QED) is 0.686. The molecule has 1 aromatic heterocycles. The van der Waals surface area contributed by atoms with Gasteiger partial charge in [-0.3, -0.25) is 9.59 Å². The van der Waals surface area contributed by atoms with Gasteiger partial charge in [0.05, 0.1) is 17.4 Å². The molecule has 162 valence electrons. The van der Waals surface area contributed by atoms with E-state index in [9.17, 15) is 9.59 Å². The molecular weight excluding hydrogens is 392 g/mol. The number of carbonyl (C=O) groups is 2. The molecule has 1 N–H and O–H groups in total. The summed E-state index contributed by atoms with van der Waals surface area (Å²) in [4.78, 5) is 36.6. The summed E-state index contributed by atoms with van der Waals surface area (Å²) >= 11 is 0. The van der Waals surface area contributed by atoms with Crippen molar-refractivity contribution in [2.45, 2.75) is 32.8 Å². The fourth-order valence-electron chi connectivity index (χ4n) is 3.94. The van der Waals surface area contributed by atoms with Crippen LogP contribution in [-0.4, -0.2) is 63.9 Å². The van der Waals surface area contributed by atoms with Gasteiger partial charge in [0.15, 0.2) is 6.10 Å². The lowest BCUT2D eigenvalue weighted by atomic mass is 10.0. The lowest BCUT2D eigenvalue weighted by molar-refractivity contribution is -0.139. The van der Waals surface area contributed by atoms with Crippen LogP contribution in [0, 0.1) is 0 Å². The summed E-state index contributed by atoms with van der Waals surface area (Å²) in [6, 6.07) is 13.3. The molecular formula is C24H28N4O3. The minimum atomic E-state index is -0.579. The zero-order valence-corrected chi connectivity index (χ0v) is 18.2. The number of hydrogen-bond donors (Lipinski definition) is 1. The Labute approximate surface area is 182 Å². The zero-order chi connectivity index (χ0) is 22.0. The number of piperazine rings is 1. The lowest BCUT2D eigenvalue weighted by Gasteiger charge is -2.36. The highest BCUT2D eigenvalue weighted by atomic mass is 16.5. The molecule has 0 radical (unpaired) electrons. The molecule has 0 bridgehead atoms. The van der Waals surface area contributed by atoms with E-state index in [2.05, 4.69) is 23.8 Å². The number of aromatic amines is 1. The van der Waals surface area contributed by atoms with Gasteiger partial charge in [0.2, 0.25) is 0 Å². The number of nitrogens with zero attached hydrogens (tertiary/aromatic N) is 3. The van der Waals surface area contributed by atoms with E-state index in [-0.39, 0.29) is 11.8 Å². The molecule has 1 aliphatic heterocycles. The first-order chi connectivity index (χ1) is 14.9. The number of para-hydroxylation sites is 1. The van der Waals surface area contributed by atoms with E-state index < -0.39 is 6.10 Å². The van der Waals surface area contributed by atoms with Gasteiger partial charge in [0.25, 0.3) is 11.8 Å². The highest BCUT2D eigenvalue weighted by molar-refractivity contribution is 5.97. The SMILES string of the molecule is CC(Oc1ccccc1C(C)C)C(=O)N1CCN(C(=O)c2ccc3nc[nH]c3c2)CC1. The topological polar surface area (TPSA) is 78.5 Å². The van der Waals surface area contributed by atoms with Gasteiger partial charge in [-0.2, -0.15) is 0 Å². The molecule has 2 aromatic carbocycles. The zero-order valence-electron chi connectivity index (χ0n) is 18.2. The Balaban J connectivity index is 1.35. The molecule has 2 amide bonds. The highest BCUT2D eigenvalue weighted by Crippen LogP contribution is 2.27. The van der Waals surface area contributed by atoms with Gasteiger partial charge in [-0.25, -0.2) is 4.98 Å². The van der Waals surface area contributed by atoms with E-state index in [4.69, 9.17) is 4.74 Å². The summed E-state index contributed by atoms with van der Waals surface area (Å²) in [6.07, 6.45) is 1.04. The van der Waals surface area contributed by atoms with Crippen LogP contribution in [0.3, 0.4) is 0 Å². The van der Waals surface area contributed by atoms with Crippen LogP contribution in [0.15, 0.2) is 48.8 Å². The van der Waals surface area contributed by atoms with Gasteiger partial charge in [-0.15, -0.1) is 0 Å². The van der Waals surface area contributed by atoms with Crippen molar-refractivity contribution in [3.05, 3.63) is 59.9 Å². The summed E-state index contributed by atoms with van der Waals surface area (Å²) in [6.45, 7) is 8.00. The molecule has 7 nitrogen and oxygen atoms in total. The molecule has 31 heavy (non-hydrogen) atoms. The average Bonchev–Trinajstić information content (AvgIpc) is 3.26. The van der Waals surface area contributed by atoms with Crippen molar-refractivity contribution in [1.82, 2.24) is 19.8 Å². The van der Waals surface area contributed by atoms with Crippen molar-refractivity contribution in [3.8, 4) is 5.75 Å². The molecule has 3 aromatic rings. The van der Waals surface area contributed by atoms with Crippen LogP contribution in [-0.2, 0) is 4.79 Å². The number of hydrogen-bond acceptors (Lipinski definition) is 4. The number of H-pyrrole nitrogens is 1. The van der Waals surface area contributed by atoms with Crippen molar-refractivity contribution < 1.29 is 14.3 Å². The van der Waals surface area contributed by atoms with E-state index in [1.807, 2.05) is 36.4 Å². The molecule has 1 unspecified atom stereocenters. The van der Waals surface area contributed by atoms with E-state index in [0.717, 1.165) is 22.3 Å². The van der Waals surface area contributed by atoms with Crippen LogP contribution in [0.5, 0.6) is 5.75 Å². The van der Waals surface area contributed by atoms with E-state index >= 15 is 0 Å². The number of fused-ring (bicyclic) bond motifs is 1. The predicted octanol–water partition coefficient (Wildman–Crippen LogP) is 3.44. The van der Waals surface area contributed by atoms with Gasteiger partial charge in [-0.1, -0.05) is 32.0 Å². The Kier molecular flexibility index (Phi) is 5.93. The van der Waals surface area contributed by atoms with Gasteiger partial charge in [0.1, 0.15) is 5.75 Å². The number of aromatic nitrogens is 2. The Morgan fingerprint density at radius 2 is 1.71 bits per heavy atom. The number of imidazole rings is 1. The number of amides is 2. The van der Waals surface area contributed by atoms with E-state index in [1.165, 1.54) is 0 Å². The predicted molar refractivity (Wildman–Crippen MR) is 119 cm³/mol. The van der Waals surface area contributed by atoms with Crippen LogP contribution >= 0.6 is 0 Å². The van der Waals surface area contributed by atoms with Gasteiger partial charge in [0, 0.05) is 31.7 Å². The molecule has 7 heteroatoms. The standard InChI is InChI=1S/C24H28N4O3/c1-16(2)19-6-4-5-7-22(19)31-17(3)23(29)27-10-12-28(13-11-27)24(30)18-8-9-20-21(14-18)26-15-25-20/h4-9,14-17H,10-13H2,1-3H3,(H,25,26). The minimum absolute atomic E-state index is 0.0289. The number of ether oxygens (including phenoxy) is 1. The summed E-state index contributed by atoms with van der Waals surface area (Å²) in [7, 11) is 0. The number of carbonyl (C=O) groups excluding carboxylic acids is 2. The smallest absolute Gasteiger partial charge is 0.263 e. The summed E-state index contributed by atoms with van der Waals surface area (Å²) in [5.74, 6) is 0.985. The highest BCUT2D eigenvalue weighted by Gasteiger charge is 2.28. The Morgan fingerprint density at radius 3 is 2.45 bits per heavy atom. The Morgan fingerprint density at radius 1 is 1.00 bits per heavy atom. The van der Waals surface area contributed by atoms with Gasteiger partial charge >= 0.3 is 0 Å². The maximum atomic E-state index is 12.9. The van der Waals surface area contributed by atoms with Crippen molar-refractivity contribution in [2.24, 2.45) is 0 Å². The first-order valence-electron chi connectivity index (χ1n) is 10.7. The lowest BCUT2D eigenvalue weighted by Crippen LogP contribution is -2.53. The molecule has 1 fully saturated rings. The molecule has 0 aliphatic carbocycles. The van der Waals surface area contributed by atoms with Crippen molar-refractivity contribution >= 4 is 22.8 Å². The molecule has 2 heterocycles. The van der Waals surface area contributed by atoms with Crippen molar-refractivity contribution in [3.63, 3.8) is 0 Å². The third-order valence-electron chi connectivity index (χ3n) is 5.74. The molecule has 0 saturated carbocycles. The normalized spacial score (nSPS) is 15.4. The summed E-state index contributed by atoms with van der Waals surface area (Å²) < 4.78 is 6.02. The van der Waals surface area contributed by atoms with Gasteiger partial charge in [-0.05, 0) is 42.7 Å². The van der Waals surface area contributed by atoms with Crippen LogP contribution in [0.4, 0.5) is 0 Å². The molecule has 0 spiro atoms. The second kappa shape index (κ2) is 8.79. The third-order valence-corrected chi connectivity index (χ3v) is 5.74. The monoisotopic (exact) mass is 420 g/mol. The minimum Gasteiger partial charge on any atom is -0.481 e. The Bertz CT molecular complexity index is 1080. The molecule has 4 rings (SSSR count). The fourth-order valence-corrected chi connectivity index (χ4v) is 3.94. The average molecular weight is 421 g/mol. The van der Waals surface area contributed by atoms with Crippen LogP contribution < -0.4 is 4.74 Å². The van der Waals surface area contributed by atoms with Crippen LogP contribution in [0.2, 0.25) is 0 Å². The van der Waals surface area contributed by atoms with Crippen LogP contribution in [0.25, 0.3) is 11.0 Å². The third kappa shape index (κ3) is 4.40. The first-order valence-corrected chi connectivity index (χ1v) is 10.7. The second-order valence-corrected chi connectivity index (χ2v) is 8.20. The maximum absolute atomic E-state index is 12.9.